The van der Waals surface area contributed by atoms with Crippen LogP contribution in [0.25, 0.3) is 0 Å². The predicted molar refractivity (Wildman–Crippen MR) is 81.5 cm³/mol. The average Bonchev–Trinajstić information content (AvgIpc) is 2.50. The molecular weight excluding hydrogens is 290 g/mol. The van der Waals surface area contributed by atoms with Crippen molar-refractivity contribution in [1.29, 1.82) is 0 Å². The van der Waals surface area contributed by atoms with Crippen LogP contribution in [0.4, 0.5) is 8.78 Å². The van der Waals surface area contributed by atoms with Gasteiger partial charge in [0, 0.05) is 6.42 Å². The molecule has 0 saturated heterocycles. The zero-order valence-corrected chi connectivity index (χ0v) is 12.8. The second-order valence-electron chi connectivity index (χ2n) is 5.40. The SMILES string of the molecule is O=C(O)C(F)(F)CCCCCCCCCOc1ccccc1. The molecule has 0 radical (unpaired) electrons. The first-order valence-corrected chi connectivity index (χ1v) is 7.81. The van der Waals surface area contributed by atoms with Gasteiger partial charge in [0.2, 0.25) is 0 Å². The second kappa shape index (κ2) is 10.1. The number of ether oxygens (including phenoxy) is 1. The molecule has 1 aromatic carbocycles. The Morgan fingerprint density at radius 1 is 0.955 bits per heavy atom. The number of unbranched alkanes of at least 4 members (excludes halogenated alkanes) is 6. The molecule has 1 N–H and O–H groups in total. The molecule has 0 amide bonds. The van der Waals surface area contributed by atoms with Crippen LogP contribution in [-0.4, -0.2) is 23.6 Å². The van der Waals surface area contributed by atoms with Gasteiger partial charge < -0.3 is 9.84 Å². The summed E-state index contributed by atoms with van der Waals surface area (Å²) in [7, 11) is 0. The summed E-state index contributed by atoms with van der Waals surface area (Å²) in [5.74, 6) is -4.72. The van der Waals surface area contributed by atoms with E-state index < -0.39 is 18.3 Å². The van der Waals surface area contributed by atoms with E-state index in [1.807, 2.05) is 30.3 Å². The number of hydrogen-bond acceptors (Lipinski definition) is 2. The molecule has 0 bridgehead atoms. The number of halogens is 2. The molecule has 0 aliphatic rings. The summed E-state index contributed by atoms with van der Waals surface area (Å²) in [6.45, 7) is 0.689. The number of carboxylic acids is 1. The summed E-state index contributed by atoms with van der Waals surface area (Å²) in [6, 6.07) is 9.66. The molecule has 22 heavy (non-hydrogen) atoms. The minimum absolute atomic E-state index is 0.260. The van der Waals surface area contributed by atoms with E-state index in [-0.39, 0.29) is 6.42 Å². The van der Waals surface area contributed by atoms with Crippen molar-refractivity contribution in [2.24, 2.45) is 0 Å². The normalized spacial score (nSPS) is 11.4. The number of para-hydroxylation sites is 1. The van der Waals surface area contributed by atoms with Gasteiger partial charge in [-0.15, -0.1) is 0 Å². The standard InChI is InChI=1S/C17H24F2O3/c18-17(19,16(20)21)13-9-4-2-1-3-5-10-14-22-15-11-7-6-8-12-15/h6-8,11-12H,1-5,9-10,13-14H2,(H,20,21). The molecule has 3 nitrogen and oxygen atoms in total. The Kier molecular flexibility index (Phi) is 8.48. The molecule has 0 atom stereocenters. The fourth-order valence-corrected chi connectivity index (χ4v) is 2.15. The van der Waals surface area contributed by atoms with Gasteiger partial charge in [-0.05, 0) is 25.0 Å². The molecule has 0 saturated carbocycles. The van der Waals surface area contributed by atoms with Gasteiger partial charge in [0.25, 0.3) is 0 Å². The number of hydrogen-bond donors (Lipinski definition) is 1. The highest BCUT2D eigenvalue weighted by molar-refractivity contribution is 5.75. The lowest BCUT2D eigenvalue weighted by molar-refractivity contribution is -0.165. The molecule has 0 heterocycles. The number of benzene rings is 1. The first-order chi connectivity index (χ1) is 10.5. The summed E-state index contributed by atoms with van der Waals surface area (Å²) in [4.78, 5) is 10.2. The van der Waals surface area contributed by atoms with Crippen LogP contribution < -0.4 is 4.74 Å². The summed E-state index contributed by atoms with van der Waals surface area (Å²) in [6.07, 6.45) is 5.30. The van der Waals surface area contributed by atoms with Gasteiger partial charge in [0.1, 0.15) is 5.75 Å². The summed E-state index contributed by atoms with van der Waals surface area (Å²) >= 11 is 0. The van der Waals surface area contributed by atoms with Crippen LogP contribution in [0.3, 0.4) is 0 Å². The molecule has 1 rings (SSSR count). The highest BCUT2D eigenvalue weighted by atomic mass is 19.3. The first kappa shape index (κ1) is 18.4. The first-order valence-electron chi connectivity index (χ1n) is 7.81. The van der Waals surface area contributed by atoms with Gasteiger partial charge in [0.15, 0.2) is 0 Å². The molecule has 0 aliphatic heterocycles. The largest absolute Gasteiger partial charge is 0.494 e. The maximum absolute atomic E-state index is 12.8. The Labute approximate surface area is 130 Å². The lowest BCUT2D eigenvalue weighted by Crippen LogP contribution is -2.27. The molecule has 0 fully saturated rings. The summed E-state index contributed by atoms with van der Waals surface area (Å²) in [5.41, 5.74) is 0. The lowest BCUT2D eigenvalue weighted by Gasteiger charge is -2.10. The lowest BCUT2D eigenvalue weighted by atomic mass is 10.1. The average molecular weight is 314 g/mol. The van der Waals surface area contributed by atoms with Crippen LogP contribution in [0.2, 0.25) is 0 Å². The van der Waals surface area contributed by atoms with Gasteiger partial charge in [-0.2, -0.15) is 8.78 Å². The van der Waals surface area contributed by atoms with Crippen molar-refractivity contribution in [3.05, 3.63) is 30.3 Å². The monoisotopic (exact) mass is 314 g/mol. The number of rotatable bonds is 12. The minimum atomic E-state index is -3.57. The smallest absolute Gasteiger partial charge is 0.374 e. The third-order valence-electron chi connectivity index (χ3n) is 3.46. The molecule has 1 aromatic rings. The Morgan fingerprint density at radius 3 is 2.09 bits per heavy atom. The van der Waals surface area contributed by atoms with Gasteiger partial charge in [0.05, 0.1) is 6.61 Å². The van der Waals surface area contributed by atoms with Crippen molar-refractivity contribution >= 4 is 5.97 Å². The van der Waals surface area contributed by atoms with Crippen molar-refractivity contribution in [2.45, 2.75) is 57.3 Å². The van der Waals surface area contributed by atoms with Crippen LogP contribution in [0.5, 0.6) is 5.75 Å². The van der Waals surface area contributed by atoms with Gasteiger partial charge in [-0.1, -0.05) is 50.3 Å². The summed E-state index contributed by atoms with van der Waals surface area (Å²) in [5, 5.41) is 8.28. The molecule has 0 unspecified atom stereocenters. The Balaban J connectivity index is 1.89. The third kappa shape index (κ3) is 7.96. The zero-order chi connectivity index (χ0) is 16.3. The van der Waals surface area contributed by atoms with Crippen LogP contribution in [0.1, 0.15) is 51.4 Å². The van der Waals surface area contributed by atoms with E-state index in [1.165, 1.54) is 0 Å². The highest BCUT2D eigenvalue weighted by Crippen LogP contribution is 2.22. The van der Waals surface area contributed by atoms with Crippen LogP contribution >= 0.6 is 0 Å². The van der Waals surface area contributed by atoms with Gasteiger partial charge in [-0.3, -0.25) is 0 Å². The Hall–Kier alpha value is -1.65. The van der Waals surface area contributed by atoms with E-state index in [0.717, 1.165) is 37.9 Å². The quantitative estimate of drug-likeness (QED) is 0.558. The van der Waals surface area contributed by atoms with E-state index in [0.29, 0.717) is 13.0 Å². The predicted octanol–water partition coefficient (Wildman–Crippen LogP) is 4.91. The van der Waals surface area contributed by atoms with Gasteiger partial charge >= 0.3 is 11.9 Å². The molecule has 0 spiro atoms. The summed E-state index contributed by atoms with van der Waals surface area (Å²) < 4.78 is 31.1. The van der Waals surface area contributed by atoms with Crippen LogP contribution in [0, 0.1) is 0 Å². The molecular formula is C17H24F2O3. The molecule has 0 aliphatic carbocycles. The van der Waals surface area contributed by atoms with E-state index in [1.54, 1.807) is 0 Å². The van der Waals surface area contributed by atoms with E-state index in [9.17, 15) is 13.6 Å². The maximum atomic E-state index is 12.8. The zero-order valence-electron chi connectivity index (χ0n) is 12.8. The van der Waals surface area contributed by atoms with Crippen molar-refractivity contribution < 1.29 is 23.4 Å². The van der Waals surface area contributed by atoms with E-state index in [2.05, 4.69) is 0 Å². The van der Waals surface area contributed by atoms with Crippen LogP contribution in [-0.2, 0) is 4.79 Å². The molecule has 5 heteroatoms. The number of aliphatic carboxylic acids is 1. The Bertz CT molecular complexity index is 421. The number of alkyl halides is 2. The number of carboxylic acid groups (broad SMARTS) is 1. The van der Waals surface area contributed by atoms with Gasteiger partial charge in [-0.25, -0.2) is 4.79 Å². The highest BCUT2D eigenvalue weighted by Gasteiger charge is 2.37. The fourth-order valence-electron chi connectivity index (χ4n) is 2.15. The second-order valence-corrected chi connectivity index (χ2v) is 5.40. The molecule has 124 valence electrons. The van der Waals surface area contributed by atoms with Crippen LogP contribution in [0.15, 0.2) is 30.3 Å². The fraction of sp³-hybridized carbons (Fsp3) is 0.588. The van der Waals surface area contributed by atoms with E-state index in [4.69, 9.17) is 9.84 Å². The number of carbonyl (C=O) groups is 1. The van der Waals surface area contributed by atoms with E-state index >= 15 is 0 Å². The third-order valence-corrected chi connectivity index (χ3v) is 3.46. The Morgan fingerprint density at radius 2 is 1.50 bits per heavy atom. The minimum Gasteiger partial charge on any atom is -0.494 e. The maximum Gasteiger partial charge on any atom is 0.374 e. The topological polar surface area (TPSA) is 46.5 Å². The van der Waals surface area contributed by atoms with Crippen molar-refractivity contribution in [3.8, 4) is 5.75 Å². The van der Waals surface area contributed by atoms with Crippen molar-refractivity contribution in [2.75, 3.05) is 6.61 Å². The van der Waals surface area contributed by atoms with Crippen molar-refractivity contribution in [3.63, 3.8) is 0 Å². The van der Waals surface area contributed by atoms with Crippen molar-refractivity contribution in [1.82, 2.24) is 0 Å². The molecule has 0 aromatic heterocycles.